The van der Waals surface area contributed by atoms with Crippen molar-refractivity contribution >= 4 is 18.0 Å². The van der Waals surface area contributed by atoms with Crippen LogP contribution >= 0.6 is 0 Å². The second kappa shape index (κ2) is 7.37. The Hall–Kier alpha value is -3.21. The summed E-state index contributed by atoms with van der Waals surface area (Å²) >= 11 is 0. The molecule has 0 saturated heterocycles. The predicted octanol–water partition coefficient (Wildman–Crippen LogP) is 3.62. The molecule has 0 spiro atoms. The first-order chi connectivity index (χ1) is 11.7. The zero-order valence-electron chi connectivity index (χ0n) is 13.3. The van der Waals surface area contributed by atoms with Gasteiger partial charge in [0.25, 0.3) is 5.91 Å². The molecule has 1 amide bonds. The van der Waals surface area contributed by atoms with Crippen LogP contribution in [0.1, 0.15) is 22.6 Å². The lowest BCUT2D eigenvalue weighted by Gasteiger charge is -1.98. The summed E-state index contributed by atoms with van der Waals surface area (Å²) < 4.78 is 5.45. The highest BCUT2D eigenvalue weighted by molar-refractivity contribution is 6.00. The topological polar surface area (TPSA) is 68.0 Å². The predicted molar refractivity (Wildman–Crippen MR) is 92.4 cm³/mol. The fraction of sp³-hybridized carbons (Fsp3) is 0.105. The molecule has 120 valence electrons. The number of hydrogen-bond donors (Lipinski definition) is 1. The van der Waals surface area contributed by atoms with Gasteiger partial charge in [-0.1, -0.05) is 65.3 Å². The van der Waals surface area contributed by atoms with Crippen LogP contribution in [0.4, 0.5) is 6.01 Å². The molecule has 2 aromatic carbocycles. The van der Waals surface area contributed by atoms with E-state index in [4.69, 9.17) is 4.42 Å². The van der Waals surface area contributed by atoms with Crippen molar-refractivity contribution < 1.29 is 9.21 Å². The van der Waals surface area contributed by atoms with Gasteiger partial charge in [-0.05, 0) is 24.1 Å². The summed E-state index contributed by atoms with van der Waals surface area (Å²) in [6.07, 6.45) is 3.68. The molecule has 5 heteroatoms. The second-order valence-corrected chi connectivity index (χ2v) is 5.40. The Morgan fingerprint density at radius 1 is 1.08 bits per heavy atom. The Morgan fingerprint density at radius 2 is 1.83 bits per heavy atom. The van der Waals surface area contributed by atoms with Crippen molar-refractivity contribution in [2.24, 2.45) is 0 Å². The second-order valence-electron chi connectivity index (χ2n) is 5.40. The molecule has 0 aliphatic rings. The standard InChI is InChI=1S/C19H17N3O2/c1-14-7-9-16(10-8-14)13-18-21-22-19(24-18)20-17(23)12-11-15-5-3-2-4-6-15/h2-12H,13H2,1H3,(H,20,22,23)/b12-11+. The normalized spacial score (nSPS) is 10.9. The zero-order chi connectivity index (χ0) is 16.8. The van der Waals surface area contributed by atoms with Gasteiger partial charge < -0.3 is 4.42 Å². The number of aromatic nitrogens is 2. The van der Waals surface area contributed by atoms with Crippen LogP contribution in [0.25, 0.3) is 6.08 Å². The number of anilines is 1. The molecule has 0 radical (unpaired) electrons. The molecule has 0 unspecified atom stereocenters. The van der Waals surface area contributed by atoms with E-state index in [1.807, 2.05) is 61.5 Å². The van der Waals surface area contributed by atoms with Crippen LogP contribution in [0.3, 0.4) is 0 Å². The summed E-state index contributed by atoms with van der Waals surface area (Å²) in [4.78, 5) is 11.9. The molecule has 0 saturated carbocycles. The van der Waals surface area contributed by atoms with Crippen LogP contribution in [-0.4, -0.2) is 16.1 Å². The number of carbonyl (C=O) groups excluding carboxylic acids is 1. The van der Waals surface area contributed by atoms with E-state index in [1.54, 1.807) is 6.08 Å². The number of nitrogens with zero attached hydrogens (tertiary/aromatic N) is 2. The van der Waals surface area contributed by atoms with Crippen LogP contribution in [0, 0.1) is 6.92 Å². The molecule has 0 bridgehead atoms. The molecule has 1 aromatic heterocycles. The van der Waals surface area contributed by atoms with E-state index < -0.39 is 0 Å². The summed E-state index contributed by atoms with van der Waals surface area (Å²) in [5.74, 6) is 0.144. The van der Waals surface area contributed by atoms with Crippen molar-refractivity contribution in [1.82, 2.24) is 10.2 Å². The van der Waals surface area contributed by atoms with Gasteiger partial charge in [-0.3, -0.25) is 10.1 Å². The average molecular weight is 319 g/mol. The van der Waals surface area contributed by atoms with Gasteiger partial charge in [0, 0.05) is 6.08 Å². The van der Waals surface area contributed by atoms with E-state index in [0.717, 1.165) is 11.1 Å². The van der Waals surface area contributed by atoms with Crippen LogP contribution < -0.4 is 5.32 Å². The van der Waals surface area contributed by atoms with Gasteiger partial charge >= 0.3 is 6.01 Å². The molecule has 0 atom stereocenters. The van der Waals surface area contributed by atoms with Crippen molar-refractivity contribution in [3.05, 3.63) is 83.3 Å². The average Bonchev–Trinajstić information content (AvgIpc) is 3.03. The van der Waals surface area contributed by atoms with Gasteiger partial charge in [-0.25, -0.2) is 0 Å². The van der Waals surface area contributed by atoms with E-state index in [-0.39, 0.29) is 11.9 Å². The molecule has 5 nitrogen and oxygen atoms in total. The van der Waals surface area contributed by atoms with Crippen LogP contribution in [0.5, 0.6) is 0 Å². The van der Waals surface area contributed by atoms with Crippen molar-refractivity contribution in [3.63, 3.8) is 0 Å². The van der Waals surface area contributed by atoms with Gasteiger partial charge in [-0.2, -0.15) is 0 Å². The molecular weight excluding hydrogens is 302 g/mol. The van der Waals surface area contributed by atoms with E-state index in [9.17, 15) is 4.79 Å². The Labute approximate surface area is 140 Å². The molecule has 3 rings (SSSR count). The number of nitrogens with one attached hydrogen (secondary N) is 1. The van der Waals surface area contributed by atoms with Crippen molar-refractivity contribution in [3.8, 4) is 0 Å². The minimum atomic E-state index is -0.315. The molecule has 0 aliphatic carbocycles. The number of carbonyl (C=O) groups is 1. The first-order valence-corrected chi connectivity index (χ1v) is 7.61. The third-order valence-electron chi connectivity index (χ3n) is 3.40. The van der Waals surface area contributed by atoms with Gasteiger partial charge in [0.15, 0.2) is 0 Å². The minimum Gasteiger partial charge on any atom is -0.407 e. The number of hydrogen-bond acceptors (Lipinski definition) is 4. The Morgan fingerprint density at radius 3 is 2.58 bits per heavy atom. The lowest BCUT2D eigenvalue weighted by molar-refractivity contribution is -0.112. The highest BCUT2D eigenvalue weighted by Gasteiger charge is 2.08. The maximum absolute atomic E-state index is 11.9. The molecule has 1 N–H and O–H groups in total. The third-order valence-corrected chi connectivity index (χ3v) is 3.40. The largest absolute Gasteiger partial charge is 0.407 e. The first kappa shape index (κ1) is 15.7. The highest BCUT2D eigenvalue weighted by Crippen LogP contribution is 2.12. The molecule has 24 heavy (non-hydrogen) atoms. The van der Waals surface area contributed by atoms with Gasteiger partial charge in [-0.15, -0.1) is 5.10 Å². The number of rotatable bonds is 5. The fourth-order valence-corrected chi connectivity index (χ4v) is 2.14. The van der Waals surface area contributed by atoms with Crippen LogP contribution in [0.15, 0.2) is 65.1 Å². The number of aryl methyl sites for hydroxylation is 1. The van der Waals surface area contributed by atoms with E-state index >= 15 is 0 Å². The lowest BCUT2D eigenvalue weighted by atomic mass is 10.1. The van der Waals surface area contributed by atoms with Crippen molar-refractivity contribution in [1.29, 1.82) is 0 Å². The van der Waals surface area contributed by atoms with Gasteiger partial charge in [0.1, 0.15) is 0 Å². The quantitative estimate of drug-likeness (QED) is 0.729. The van der Waals surface area contributed by atoms with E-state index in [2.05, 4.69) is 15.5 Å². The Kier molecular flexibility index (Phi) is 4.81. The number of amides is 1. The lowest BCUT2D eigenvalue weighted by Crippen LogP contribution is -2.07. The molecule has 0 fully saturated rings. The van der Waals surface area contributed by atoms with Gasteiger partial charge in [0.2, 0.25) is 5.89 Å². The molecule has 3 aromatic rings. The van der Waals surface area contributed by atoms with Crippen molar-refractivity contribution in [2.45, 2.75) is 13.3 Å². The monoisotopic (exact) mass is 319 g/mol. The fourth-order valence-electron chi connectivity index (χ4n) is 2.14. The van der Waals surface area contributed by atoms with Crippen LogP contribution in [0.2, 0.25) is 0 Å². The Balaban J connectivity index is 1.58. The van der Waals surface area contributed by atoms with E-state index in [0.29, 0.717) is 12.3 Å². The van der Waals surface area contributed by atoms with E-state index in [1.165, 1.54) is 11.6 Å². The smallest absolute Gasteiger partial charge is 0.322 e. The maximum atomic E-state index is 11.9. The molecule has 0 aliphatic heterocycles. The summed E-state index contributed by atoms with van der Waals surface area (Å²) in [6.45, 7) is 2.03. The minimum absolute atomic E-state index is 0.0971. The molecule has 1 heterocycles. The summed E-state index contributed by atoms with van der Waals surface area (Å²) in [5, 5.41) is 10.4. The SMILES string of the molecule is Cc1ccc(Cc2nnc(NC(=O)/C=C/c3ccccc3)o2)cc1. The molecular formula is C19H17N3O2. The maximum Gasteiger partial charge on any atom is 0.322 e. The summed E-state index contributed by atoms with van der Waals surface area (Å²) in [7, 11) is 0. The number of benzene rings is 2. The highest BCUT2D eigenvalue weighted by atomic mass is 16.4. The van der Waals surface area contributed by atoms with Crippen LogP contribution in [-0.2, 0) is 11.2 Å². The Bertz CT molecular complexity index is 837. The zero-order valence-corrected chi connectivity index (χ0v) is 13.3. The third kappa shape index (κ3) is 4.39. The van der Waals surface area contributed by atoms with Crippen molar-refractivity contribution in [2.75, 3.05) is 5.32 Å². The first-order valence-electron chi connectivity index (χ1n) is 7.61. The van der Waals surface area contributed by atoms with Gasteiger partial charge in [0.05, 0.1) is 6.42 Å². The summed E-state index contributed by atoms with van der Waals surface area (Å²) in [5.41, 5.74) is 3.21. The summed E-state index contributed by atoms with van der Waals surface area (Å²) in [6, 6.07) is 17.8.